The standard InChI is InChI=1S/C16H23BrFNO2/c1-4-21-11-5-10(6-11)7-15(19-2)12-8-13(17)14(18)9-16(12)20-3/h8-11,15,19H,4-7H2,1-3H3. The fourth-order valence-corrected chi connectivity index (χ4v) is 3.33. The van der Waals surface area contributed by atoms with Crippen LogP contribution in [0.5, 0.6) is 5.75 Å². The van der Waals surface area contributed by atoms with E-state index in [-0.39, 0.29) is 11.9 Å². The van der Waals surface area contributed by atoms with E-state index in [9.17, 15) is 4.39 Å². The molecule has 1 aliphatic carbocycles. The van der Waals surface area contributed by atoms with Gasteiger partial charge in [-0.2, -0.15) is 0 Å². The molecule has 0 aliphatic heterocycles. The maximum absolute atomic E-state index is 13.6. The van der Waals surface area contributed by atoms with Gasteiger partial charge in [0.05, 0.1) is 17.7 Å². The summed E-state index contributed by atoms with van der Waals surface area (Å²) >= 11 is 3.26. The monoisotopic (exact) mass is 359 g/mol. The van der Waals surface area contributed by atoms with Crippen molar-refractivity contribution in [3.05, 3.63) is 28.0 Å². The lowest BCUT2D eigenvalue weighted by Crippen LogP contribution is -2.34. The van der Waals surface area contributed by atoms with Crippen molar-refractivity contribution in [2.24, 2.45) is 5.92 Å². The normalized spacial score (nSPS) is 22.7. The van der Waals surface area contributed by atoms with E-state index < -0.39 is 0 Å². The molecular formula is C16H23BrFNO2. The highest BCUT2D eigenvalue weighted by Gasteiger charge is 2.32. The molecule has 1 aromatic rings. The minimum atomic E-state index is -0.300. The fourth-order valence-electron chi connectivity index (χ4n) is 2.97. The predicted octanol–water partition coefficient (Wildman–Crippen LogP) is 4.06. The third-order valence-corrected chi connectivity index (χ3v) is 4.77. The summed E-state index contributed by atoms with van der Waals surface area (Å²) in [5.74, 6) is 0.939. The van der Waals surface area contributed by atoms with E-state index in [4.69, 9.17) is 9.47 Å². The minimum absolute atomic E-state index is 0.157. The highest BCUT2D eigenvalue weighted by Crippen LogP contribution is 2.39. The summed E-state index contributed by atoms with van der Waals surface area (Å²) in [6.45, 7) is 2.82. The largest absolute Gasteiger partial charge is 0.496 e. The van der Waals surface area contributed by atoms with Crippen molar-refractivity contribution in [3.8, 4) is 5.75 Å². The Kier molecular flexibility index (Phi) is 6.02. The van der Waals surface area contributed by atoms with Gasteiger partial charge < -0.3 is 14.8 Å². The molecule has 5 heteroatoms. The van der Waals surface area contributed by atoms with Crippen molar-refractivity contribution in [1.82, 2.24) is 5.32 Å². The van der Waals surface area contributed by atoms with Crippen molar-refractivity contribution in [2.75, 3.05) is 20.8 Å². The molecule has 0 radical (unpaired) electrons. The number of ether oxygens (including phenoxy) is 2. The second-order valence-electron chi connectivity index (χ2n) is 5.50. The lowest BCUT2D eigenvalue weighted by atomic mass is 9.77. The first-order chi connectivity index (χ1) is 10.1. The van der Waals surface area contributed by atoms with Crippen LogP contribution in [0.15, 0.2) is 16.6 Å². The highest BCUT2D eigenvalue weighted by molar-refractivity contribution is 9.10. The van der Waals surface area contributed by atoms with E-state index in [0.29, 0.717) is 22.2 Å². The third-order valence-electron chi connectivity index (χ3n) is 4.16. The van der Waals surface area contributed by atoms with Crippen LogP contribution in [0.2, 0.25) is 0 Å². The number of rotatable bonds is 7. The van der Waals surface area contributed by atoms with Crippen LogP contribution in [0.25, 0.3) is 0 Å². The van der Waals surface area contributed by atoms with Gasteiger partial charge in [0.2, 0.25) is 0 Å². The van der Waals surface area contributed by atoms with Crippen LogP contribution < -0.4 is 10.1 Å². The van der Waals surface area contributed by atoms with Gasteiger partial charge in [-0.3, -0.25) is 0 Å². The van der Waals surface area contributed by atoms with Crippen LogP contribution in [0.4, 0.5) is 4.39 Å². The second-order valence-corrected chi connectivity index (χ2v) is 6.35. The molecule has 21 heavy (non-hydrogen) atoms. The Morgan fingerprint density at radius 1 is 1.43 bits per heavy atom. The molecule has 0 aromatic heterocycles. The molecule has 118 valence electrons. The first-order valence-corrected chi connectivity index (χ1v) is 8.20. The fraction of sp³-hybridized carbons (Fsp3) is 0.625. The molecular weight excluding hydrogens is 337 g/mol. The number of nitrogens with one attached hydrogen (secondary N) is 1. The van der Waals surface area contributed by atoms with Gasteiger partial charge in [0, 0.05) is 24.3 Å². The SMILES string of the molecule is CCOC1CC(CC(NC)c2cc(Br)c(F)cc2OC)C1. The summed E-state index contributed by atoms with van der Waals surface area (Å²) < 4.78 is 25.0. The Hall–Kier alpha value is -0.650. The summed E-state index contributed by atoms with van der Waals surface area (Å²) in [6.07, 6.45) is 3.64. The molecule has 0 heterocycles. The smallest absolute Gasteiger partial charge is 0.141 e. The number of halogens is 2. The van der Waals surface area contributed by atoms with E-state index in [1.165, 1.54) is 6.07 Å². The Morgan fingerprint density at radius 3 is 2.71 bits per heavy atom. The second kappa shape index (κ2) is 7.56. The van der Waals surface area contributed by atoms with Crippen LogP contribution in [0.3, 0.4) is 0 Å². The van der Waals surface area contributed by atoms with Gasteiger partial charge in [-0.15, -0.1) is 0 Å². The summed E-state index contributed by atoms with van der Waals surface area (Å²) in [6, 6.07) is 3.41. The molecule has 1 N–H and O–H groups in total. The van der Waals surface area contributed by atoms with Gasteiger partial charge in [0.15, 0.2) is 0 Å². The van der Waals surface area contributed by atoms with Crippen LogP contribution in [0, 0.1) is 11.7 Å². The molecule has 2 rings (SSSR count). The van der Waals surface area contributed by atoms with Crippen molar-refractivity contribution < 1.29 is 13.9 Å². The predicted molar refractivity (Wildman–Crippen MR) is 85.2 cm³/mol. The Labute approximate surface area is 134 Å². The van der Waals surface area contributed by atoms with Gasteiger partial charge >= 0.3 is 0 Å². The lowest BCUT2D eigenvalue weighted by molar-refractivity contribution is -0.0290. The molecule has 1 fully saturated rings. The van der Waals surface area contributed by atoms with Crippen LogP contribution >= 0.6 is 15.9 Å². The van der Waals surface area contributed by atoms with Crippen molar-refractivity contribution in [2.45, 2.75) is 38.3 Å². The van der Waals surface area contributed by atoms with E-state index in [0.717, 1.165) is 31.4 Å². The highest BCUT2D eigenvalue weighted by atomic mass is 79.9. The number of hydrogen-bond acceptors (Lipinski definition) is 3. The van der Waals surface area contributed by atoms with Gasteiger partial charge in [-0.05, 0) is 61.1 Å². The maximum Gasteiger partial charge on any atom is 0.141 e. The molecule has 3 nitrogen and oxygen atoms in total. The van der Waals surface area contributed by atoms with E-state index >= 15 is 0 Å². The third kappa shape index (κ3) is 3.96. The van der Waals surface area contributed by atoms with Crippen molar-refractivity contribution in [3.63, 3.8) is 0 Å². The zero-order valence-electron chi connectivity index (χ0n) is 12.8. The Balaban J connectivity index is 2.06. The summed E-state index contributed by atoms with van der Waals surface area (Å²) in [4.78, 5) is 0. The van der Waals surface area contributed by atoms with E-state index in [1.807, 2.05) is 20.0 Å². The van der Waals surface area contributed by atoms with Crippen LogP contribution in [0.1, 0.15) is 37.8 Å². The average Bonchev–Trinajstić information content (AvgIpc) is 2.44. The quantitative estimate of drug-likeness (QED) is 0.795. The van der Waals surface area contributed by atoms with Gasteiger partial charge in [0.1, 0.15) is 11.6 Å². The first-order valence-electron chi connectivity index (χ1n) is 7.40. The number of benzene rings is 1. The zero-order chi connectivity index (χ0) is 15.4. The molecule has 0 amide bonds. The van der Waals surface area contributed by atoms with Crippen LogP contribution in [-0.2, 0) is 4.74 Å². The first kappa shape index (κ1) is 16.7. The molecule has 0 saturated heterocycles. The van der Waals surface area contributed by atoms with Crippen molar-refractivity contribution >= 4 is 15.9 Å². The van der Waals surface area contributed by atoms with E-state index in [1.54, 1.807) is 7.11 Å². The molecule has 0 bridgehead atoms. The average molecular weight is 360 g/mol. The summed E-state index contributed by atoms with van der Waals surface area (Å²) in [5, 5.41) is 3.32. The summed E-state index contributed by atoms with van der Waals surface area (Å²) in [7, 11) is 3.51. The number of methoxy groups -OCH3 is 1. The summed E-state index contributed by atoms with van der Waals surface area (Å²) in [5.41, 5.74) is 0.994. The molecule has 1 unspecified atom stereocenters. The molecule has 1 atom stereocenters. The van der Waals surface area contributed by atoms with E-state index in [2.05, 4.69) is 21.2 Å². The Morgan fingerprint density at radius 2 is 2.14 bits per heavy atom. The number of hydrogen-bond donors (Lipinski definition) is 1. The van der Waals surface area contributed by atoms with Gasteiger partial charge in [0.25, 0.3) is 0 Å². The molecule has 1 aliphatic rings. The van der Waals surface area contributed by atoms with Crippen molar-refractivity contribution in [1.29, 1.82) is 0 Å². The van der Waals surface area contributed by atoms with Gasteiger partial charge in [-0.1, -0.05) is 0 Å². The lowest BCUT2D eigenvalue weighted by Gasteiger charge is -2.37. The molecule has 1 saturated carbocycles. The molecule has 1 aromatic carbocycles. The molecule has 0 spiro atoms. The van der Waals surface area contributed by atoms with Crippen LogP contribution in [-0.4, -0.2) is 26.9 Å². The Bertz CT molecular complexity index is 478. The zero-order valence-corrected chi connectivity index (χ0v) is 14.4. The minimum Gasteiger partial charge on any atom is -0.496 e. The topological polar surface area (TPSA) is 30.5 Å². The maximum atomic E-state index is 13.6. The van der Waals surface area contributed by atoms with Gasteiger partial charge in [-0.25, -0.2) is 4.39 Å².